The van der Waals surface area contributed by atoms with Crippen LogP contribution >= 0.6 is 12.4 Å². The summed E-state index contributed by atoms with van der Waals surface area (Å²) in [5.41, 5.74) is 6.31. The molecule has 1 unspecified atom stereocenters. The first-order valence-electron chi connectivity index (χ1n) is 7.78. The molecule has 0 saturated heterocycles. The van der Waals surface area contributed by atoms with E-state index in [4.69, 9.17) is 19.9 Å². The number of anilines is 1. The van der Waals surface area contributed by atoms with Crippen LogP contribution in [0.4, 0.5) is 5.69 Å². The van der Waals surface area contributed by atoms with Crippen molar-refractivity contribution < 1.29 is 23.8 Å². The molecule has 0 bridgehead atoms. The Balaban J connectivity index is 0.00000312. The second kappa shape index (κ2) is 10.1. The third-order valence-electron chi connectivity index (χ3n) is 3.52. The summed E-state index contributed by atoms with van der Waals surface area (Å²) in [6, 6.07) is 4.37. The fourth-order valence-corrected chi connectivity index (χ4v) is 2.33. The summed E-state index contributed by atoms with van der Waals surface area (Å²) in [4.78, 5) is 25.7. The summed E-state index contributed by atoms with van der Waals surface area (Å²) in [6.45, 7) is 3.17. The number of hydrogen-bond acceptors (Lipinski definition) is 6. The molecule has 0 radical (unpaired) electrons. The molecule has 2 rings (SSSR count). The van der Waals surface area contributed by atoms with Gasteiger partial charge in [0.05, 0.1) is 13.2 Å². The molecule has 1 aromatic carbocycles. The number of halogens is 1. The van der Waals surface area contributed by atoms with Gasteiger partial charge in [0.2, 0.25) is 11.8 Å². The van der Waals surface area contributed by atoms with E-state index in [0.29, 0.717) is 36.9 Å². The zero-order chi connectivity index (χ0) is 17.5. The highest BCUT2D eigenvalue weighted by molar-refractivity contribution is 5.95. The number of likely N-dealkylation sites (N-methyl/N-ethyl adjacent to an activating group) is 1. The number of hydrogen-bond donors (Lipinski definition) is 2. The Hall–Kier alpha value is -2.03. The molecule has 0 aromatic heterocycles. The van der Waals surface area contributed by atoms with Gasteiger partial charge in [-0.3, -0.25) is 9.59 Å². The first-order valence-corrected chi connectivity index (χ1v) is 7.78. The maximum absolute atomic E-state index is 12.2. The Labute approximate surface area is 153 Å². The summed E-state index contributed by atoms with van der Waals surface area (Å²) >= 11 is 0. The van der Waals surface area contributed by atoms with Crippen molar-refractivity contribution >= 4 is 29.9 Å². The lowest BCUT2D eigenvalue weighted by Crippen LogP contribution is -2.48. The molecule has 0 spiro atoms. The van der Waals surface area contributed by atoms with Crippen LogP contribution in [0.3, 0.4) is 0 Å². The number of ether oxygens (including phenoxy) is 3. The number of carbonyl (C=O) groups excluding carboxylic acids is 2. The minimum Gasteiger partial charge on any atom is -0.486 e. The van der Waals surface area contributed by atoms with Crippen LogP contribution in [0.1, 0.15) is 6.92 Å². The lowest BCUT2D eigenvalue weighted by molar-refractivity contribution is -0.136. The van der Waals surface area contributed by atoms with Gasteiger partial charge in [0, 0.05) is 25.4 Å². The summed E-state index contributed by atoms with van der Waals surface area (Å²) in [5.74, 6) is 0.600. The van der Waals surface area contributed by atoms with Crippen LogP contribution in [0.5, 0.6) is 11.5 Å². The number of rotatable bonds is 7. The average molecular weight is 374 g/mol. The summed E-state index contributed by atoms with van der Waals surface area (Å²) in [5, 5.41) is 2.74. The van der Waals surface area contributed by atoms with Gasteiger partial charge in [-0.25, -0.2) is 0 Å². The first kappa shape index (κ1) is 21.0. The molecular weight excluding hydrogens is 350 g/mol. The van der Waals surface area contributed by atoms with Gasteiger partial charge >= 0.3 is 0 Å². The molecule has 3 N–H and O–H groups in total. The Bertz CT molecular complexity index is 599. The Morgan fingerprint density at radius 3 is 2.64 bits per heavy atom. The minimum absolute atomic E-state index is 0. The van der Waals surface area contributed by atoms with Crippen molar-refractivity contribution in [3.8, 4) is 11.5 Å². The van der Waals surface area contributed by atoms with E-state index in [1.54, 1.807) is 25.1 Å². The van der Waals surface area contributed by atoms with Gasteiger partial charge in [0.25, 0.3) is 0 Å². The lowest BCUT2D eigenvalue weighted by atomic mass is 10.2. The standard InChI is InChI=1S/C16H23N3O5.ClH/c1-3-19(16(21)12(17)10-22-2)9-15(20)18-11-4-5-13-14(8-11)24-7-6-23-13;/h4-5,8,12H,3,6-7,9-10,17H2,1-2H3,(H,18,20);1H. The van der Waals surface area contributed by atoms with Crippen LogP contribution in [0.15, 0.2) is 18.2 Å². The highest BCUT2D eigenvalue weighted by atomic mass is 35.5. The van der Waals surface area contributed by atoms with Crippen molar-refractivity contribution in [1.29, 1.82) is 0 Å². The van der Waals surface area contributed by atoms with Crippen LogP contribution in [0.25, 0.3) is 0 Å². The molecule has 8 nitrogen and oxygen atoms in total. The van der Waals surface area contributed by atoms with Crippen molar-refractivity contribution in [1.82, 2.24) is 4.90 Å². The maximum Gasteiger partial charge on any atom is 0.243 e. The van der Waals surface area contributed by atoms with Crippen molar-refractivity contribution in [2.75, 3.05) is 45.3 Å². The van der Waals surface area contributed by atoms with Gasteiger partial charge in [-0.05, 0) is 19.1 Å². The van der Waals surface area contributed by atoms with Crippen LogP contribution in [-0.2, 0) is 14.3 Å². The predicted molar refractivity (Wildman–Crippen MR) is 95.4 cm³/mol. The van der Waals surface area contributed by atoms with Gasteiger partial charge < -0.3 is 30.2 Å². The number of fused-ring (bicyclic) bond motifs is 1. The third-order valence-corrected chi connectivity index (χ3v) is 3.52. The van der Waals surface area contributed by atoms with Gasteiger partial charge in [0.1, 0.15) is 19.3 Å². The van der Waals surface area contributed by atoms with Crippen molar-refractivity contribution in [2.24, 2.45) is 5.73 Å². The van der Waals surface area contributed by atoms with E-state index >= 15 is 0 Å². The van der Waals surface area contributed by atoms with E-state index < -0.39 is 6.04 Å². The summed E-state index contributed by atoms with van der Waals surface area (Å²) in [6.07, 6.45) is 0. The van der Waals surface area contributed by atoms with Crippen LogP contribution in [0, 0.1) is 0 Å². The molecule has 140 valence electrons. The number of benzene rings is 1. The van der Waals surface area contributed by atoms with Crippen LogP contribution in [-0.4, -0.2) is 62.8 Å². The highest BCUT2D eigenvalue weighted by Crippen LogP contribution is 2.32. The van der Waals surface area contributed by atoms with Crippen molar-refractivity contribution in [2.45, 2.75) is 13.0 Å². The molecule has 1 aromatic rings. The molecule has 0 aliphatic carbocycles. The smallest absolute Gasteiger partial charge is 0.243 e. The molecule has 0 saturated carbocycles. The fraction of sp³-hybridized carbons (Fsp3) is 0.500. The Morgan fingerprint density at radius 1 is 1.32 bits per heavy atom. The first-order chi connectivity index (χ1) is 11.5. The number of methoxy groups -OCH3 is 1. The third kappa shape index (κ3) is 5.77. The quantitative estimate of drug-likeness (QED) is 0.727. The zero-order valence-electron chi connectivity index (χ0n) is 14.3. The van der Waals surface area contributed by atoms with E-state index in [1.165, 1.54) is 12.0 Å². The molecular formula is C16H24ClN3O5. The van der Waals surface area contributed by atoms with Gasteiger partial charge in [0.15, 0.2) is 11.5 Å². The van der Waals surface area contributed by atoms with Crippen molar-refractivity contribution in [3.63, 3.8) is 0 Å². The summed E-state index contributed by atoms with van der Waals surface area (Å²) < 4.78 is 15.8. The van der Waals surface area contributed by atoms with E-state index in [2.05, 4.69) is 5.32 Å². The largest absolute Gasteiger partial charge is 0.486 e. The summed E-state index contributed by atoms with van der Waals surface area (Å²) in [7, 11) is 1.47. The number of nitrogens with two attached hydrogens (primary N) is 1. The van der Waals surface area contributed by atoms with E-state index in [9.17, 15) is 9.59 Å². The maximum atomic E-state index is 12.2. The van der Waals surface area contributed by atoms with E-state index in [1.807, 2.05) is 0 Å². The fourth-order valence-electron chi connectivity index (χ4n) is 2.33. The highest BCUT2D eigenvalue weighted by Gasteiger charge is 2.22. The van der Waals surface area contributed by atoms with E-state index in [0.717, 1.165) is 0 Å². The number of nitrogens with one attached hydrogen (secondary N) is 1. The Kier molecular flexibility index (Phi) is 8.47. The number of amides is 2. The molecule has 0 fully saturated rings. The van der Waals surface area contributed by atoms with Crippen LogP contribution < -0.4 is 20.5 Å². The normalized spacial score (nSPS) is 13.4. The number of carbonyl (C=O) groups is 2. The molecule has 1 atom stereocenters. The topological polar surface area (TPSA) is 103 Å². The van der Waals surface area contributed by atoms with E-state index in [-0.39, 0.29) is 37.4 Å². The molecule has 9 heteroatoms. The van der Waals surface area contributed by atoms with Gasteiger partial charge in [-0.2, -0.15) is 0 Å². The predicted octanol–water partition coefficient (Wildman–Crippen LogP) is 0.640. The monoisotopic (exact) mass is 373 g/mol. The molecule has 25 heavy (non-hydrogen) atoms. The zero-order valence-corrected chi connectivity index (χ0v) is 15.1. The second-order valence-corrected chi connectivity index (χ2v) is 5.32. The SMILES string of the molecule is CCN(CC(=O)Nc1ccc2c(c1)OCCO2)C(=O)C(N)COC.Cl. The average Bonchev–Trinajstić information content (AvgIpc) is 2.59. The van der Waals surface area contributed by atoms with Crippen molar-refractivity contribution in [3.05, 3.63) is 18.2 Å². The second-order valence-electron chi connectivity index (χ2n) is 5.32. The minimum atomic E-state index is -0.781. The molecule has 1 aliphatic rings. The van der Waals surface area contributed by atoms with Gasteiger partial charge in [-0.15, -0.1) is 12.4 Å². The lowest BCUT2D eigenvalue weighted by Gasteiger charge is -2.23. The molecule has 1 aliphatic heterocycles. The number of nitrogens with zero attached hydrogens (tertiary/aromatic N) is 1. The molecule has 1 heterocycles. The Morgan fingerprint density at radius 2 is 2.00 bits per heavy atom. The molecule has 2 amide bonds. The van der Waals surface area contributed by atoms with Crippen LogP contribution in [0.2, 0.25) is 0 Å². The van der Waals surface area contributed by atoms with Gasteiger partial charge in [-0.1, -0.05) is 0 Å².